The van der Waals surface area contributed by atoms with Crippen molar-refractivity contribution in [2.24, 2.45) is 5.92 Å². The minimum Gasteiger partial charge on any atom is -0.382 e. The van der Waals surface area contributed by atoms with Gasteiger partial charge in [0.15, 0.2) is 0 Å². The summed E-state index contributed by atoms with van der Waals surface area (Å²) in [5.41, 5.74) is 0.171. The maximum Gasteiger partial charge on any atom is 0.416 e. The summed E-state index contributed by atoms with van der Waals surface area (Å²) in [4.78, 5) is 2.45. The maximum atomic E-state index is 12.5. The molecular formula is C16H23F3N2. The monoisotopic (exact) mass is 300 g/mol. The van der Waals surface area contributed by atoms with Crippen molar-refractivity contribution >= 4 is 5.69 Å². The Balaban J connectivity index is 1.83. The molecule has 0 atom stereocenters. The fourth-order valence-corrected chi connectivity index (χ4v) is 2.77. The molecule has 2 nitrogen and oxygen atoms in total. The molecule has 0 bridgehead atoms. The van der Waals surface area contributed by atoms with Crippen molar-refractivity contribution in [3.05, 3.63) is 29.8 Å². The van der Waals surface area contributed by atoms with E-state index in [9.17, 15) is 13.2 Å². The minimum atomic E-state index is -4.26. The Labute approximate surface area is 124 Å². The highest BCUT2D eigenvalue weighted by Gasteiger charge is 2.30. The van der Waals surface area contributed by atoms with Crippen LogP contribution in [0.3, 0.4) is 0 Å². The molecule has 118 valence electrons. The van der Waals surface area contributed by atoms with Gasteiger partial charge in [-0.2, -0.15) is 13.2 Å². The number of nitrogens with one attached hydrogen (secondary N) is 1. The van der Waals surface area contributed by atoms with E-state index >= 15 is 0 Å². The first kappa shape index (κ1) is 16.1. The first-order valence-corrected chi connectivity index (χ1v) is 7.51. The zero-order chi connectivity index (χ0) is 15.5. The van der Waals surface area contributed by atoms with Crippen molar-refractivity contribution < 1.29 is 13.2 Å². The third-order valence-corrected chi connectivity index (χ3v) is 3.79. The Hall–Kier alpha value is -1.23. The van der Waals surface area contributed by atoms with Gasteiger partial charge in [-0.3, -0.25) is 0 Å². The van der Waals surface area contributed by atoms with E-state index in [4.69, 9.17) is 0 Å². The summed E-state index contributed by atoms with van der Waals surface area (Å²) in [5, 5.41) is 3.34. The molecule has 5 heteroatoms. The summed E-state index contributed by atoms with van der Waals surface area (Å²) < 4.78 is 37.5. The molecule has 0 amide bonds. The van der Waals surface area contributed by atoms with Gasteiger partial charge in [-0.05, 0) is 43.0 Å². The van der Waals surface area contributed by atoms with Gasteiger partial charge >= 0.3 is 6.18 Å². The van der Waals surface area contributed by atoms with Crippen molar-refractivity contribution in [1.82, 2.24) is 4.90 Å². The second-order valence-corrected chi connectivity index (χ2v) is 6.19. The van der Waals surface area contributed by atoms with E-state index in [-0.39, 0.29) is 0 Å². The highest BCUT2D eigenvalue weighted by Crippen LogP contribution is 2.30. The maximum absolute atomic E-state index is 12.5. The molecule has 0 saturated carbocycles. The number of anilines is 1. The van der Waals surface area contributed by atoms with Gasteiger partial charge in [0.2, 0.25) is 0 Å². The fourth-order valence-electron chi connectivity index (χ4n) is 2.77. The first-order valence-electron chi connectivity index (χ1n) is 7.51. The van der Waals surface area contributed by atoms with Crippen LogP contribution in [0.15, 0.2) is 24.3 Å². The van der Waals surface area contributed by atoms with E-state index in [2.05, 4.69) is 24.1 Å². The summed E-state index contributed by atoms with van der Waals surface area (Å²) >= 11 is 0. The van der Waals surface area contributed by atoms with Crippen molar-refractivity contribution in [3.8, 4) is 0 Å². The van der Waals surface area contributed by atoms with Gasteiger partial charge in [0, 0.05) is 31.4 Å². The highest BCUT2D eigenvalue weighted by atomic mass is 19.4. The zero-order valence-electron chi connectivity index (χ0n) is 12.6. The topological polar surface area (TPSA) is 15.3 Å². The number of benzene rings is 1. The molecule has 1 aromatic rings. The molecule has 1 aliphatic heterocycles. The molecule has 1 aromatic carbocycles. The van der Waals surface area contributed by atoms with E-state index in [1.807, 2.05) is 0 Å². The van der Waals surface area contributed by atoms with Gasteiger partial charge in [0.1, 0.15) is 0 Å². The van der Waals surface area contributed by atoms with Crippen LogP contribution in [0, 0.1) is 5.92 Å². The number of hydrogen-bond donors (Lipinski definition) is 1. The van der Waals surface area contributed by atoms with Gasteiger partial charge in [-0.25, -0.2) is 0 Å². The lowest BCUT2D eigenvalue weighted by atomic mass is 10.0. The molecule has 1 aliphatic rings. The SMILES string of the molecule is CC(C)CN1CCC(Nc2ccc(C(F)(F)F)cc2)CC1. The molecular weight excluding hydrogens is 277 g/mol. The molecule has 0 aromatic heterocycles. The number of rotatable bonds is 4. The zero-order valence-corrected chi connectivity index (χ0v) is 12.6. The Morgan fingerprint density at radius 1 is 1.14 bits per heavy atom. The number of nitrogens with zero attached hydrogens (tertiary/aromatic N) is 1. The van der Waals surface area contributed by atoms with Crippen molar-refractivity contribution in [2.45, 2.75) is 38.9 Å². The summed E-state index contributed by atoms with van der Waals surface area (Å²) in [6.07, 6.45) is -2.19. The molecule has 0 unspecified atom stereocenters. The van der Waals surface area contributed by atoms with E-state index in [1.54, 1.807) is 0 Å². The van der Waals surface area contributed by atoms with Crippen molar-refractivity contribution in [3.63, 3.8) is 0 Å². The minimum absolute atomic E-state index is 0.352. The third-order valence-electron chi connectivity index (χ3n) is 3.79. The highest BCUT2D eigenvalue weighted by molar-refractivity contribution is 5.46. The van der Waals surface area contributed by atoms with Crippen LogP contribution >= 0.6 is 0 Å². The largest absolute Gasteiger partial charge is 0.416 e. The van der Waals surface area contributed by atoms with E-state index < -0.39 is 11.7 Å². The fraction of sp³-hybridized carbons (Fsp3) is 0.625. The quantitative estimate of drug-likeness (QED) is 0.895. The Morgan fingerprint density at radius 2 is 1.71 bits per heavy atom. The van der Waals surface area contributed by atoms with Crippen LogP contribution in [-0.4, -0.2) is 30.6 Å². The predicted octanol–water partition coefficient (Wildman–Crippen LogP) is 4.24. The summed E-state index contributed by atoms with van der Waals surface area (Å²) in [6, 6.07) is 5.66. The Bertz CT molecular complexity index is 432. The number of likely N-dealkylation sites (tertiary alicyclic amines) is 1. The van der Waals surface area contributed by atoms with Crippen LogP contribution in [0.5, 0.6) is 0 Å². The van der Waals surface area contributed by atoms with Crippen molar-refractivity contribution in [1.29, 1.82) is 0 Å². The molecule has 0 spiro atoms. The lowest BCUT2D eigenvalue weighted by Crippen LogP contribution is -2.40. The average molecular weight is 300 g/mol. The van der Waals surface area contributed by atoms with Crippen LogP contribution in [0.4, 0.5) is 18.9 Å². The van der Waals surface area contributed by atoms with Crippen LogP contribution in [0.1, 0.15) is 32.3 Å². The van der Waals surface area contributed by atoms with Crippen LogP contribution in [0.25, 0.3) is 0 Å². The second kappa shape index (κ2) is 6.69. The molecule has 21 heavy (non-hydrogen) atoms. The van der Waals surface area contributed by atoms with Crippen LogP contribution < -0.4 is 5.32 Å². The number of alkyl halides is 3. The number of hydrogen-bond acceptors (Lipinski definition) is 2. The number of piperidine rings is 1. The average Bonchev–Trinajstić information content (AvgIpc) is 2.40. The van der Waals surface area contributed by atoms with Crippen LogP contribution in [0.2, 0.25) is 0 Å². The summed E-state index contributed by atoms with van der Waals surface area (Å²) in [5.74, 6) is 0.671. The van der Waals surface area contributed by atoms with Gasteiger partial charge < -0.3 is 10.2 Å². The smallest absolute Gasteiger partial charge is 0.382 e. The number of halogens is 3. The molecule has 1 fully saturated rings. The molecule has 1 heterocycles. The molecule has 0 aliphatic carbocycles. The van der Waals surface area contributed by atoms with E-state index in [0.717, 1.165) is 50.3 Å². The lowest BCUT2D eigenvalue weighted by Gasteiger charge is -2.33. The third kappa shape index (κ3) is 4.92. The Kier molecular flexibility index (Phi) is 5.14. The summed E-state index contributed by atoms with van der Waals surface area (Å²) in [7, 11) is 0. The normalized spacial score (nSPS) is 18.2. The first-order chi connectivity index (χ1) is 9.84. The lowest BCUT2D eigenvalue weighted by molar-refractivity contribution is -0.137. The molecule has 2 rings (SSSR count). The standard InChI is InChI=1S/C16H23F3N2/c1-12(2)11-21-9-7-15(8-10-21)20-14-5-3-13(4-6-14)16(17,18)19/h3-6,12,15,20H,7-11H2,1-2H3. The van der Waals surface area contributed by atoms with Gasteiger partial charge in [0.05, 0.1) is 5.56 Å². The van der Waals surface area contributed by atoms with Gasteiger partial charge in [0.25, 0.3) is 0 Å². The molecule has 0 radical (unpaired) electrons. The Morgan fingerprint density at radius 3 is 2.19 bits per heavy atom. The van der Waals surface area contributed by atoms with Gasteiger partial charge in [-0.1, -0.05) is 13.8 Å². The van der Waals surface area contributed by atoms with Crippen LogP contribution in [-0.2, 0) is 6.18 Å². The predicted molar refractivity (Wildman–Crippen MR) is 79.4 cm³/mol. The van der Waals surface area contributed by atoms with E-state index in [1.165, 1.54) is 12.1 Å². The molecule has 1 N–H and O–H groups in total. The van der Waals surface area contributed by atoms with E-state index in [0.29, 0.717) is 12.0 Å². The van der Waals surface area contributed by atoms with Gasteiger partial charge in [-0.15, -0.1) is 0 Å². The second-order valence-electron chi connectivity index (χ2n) is 6.19. The summed E-state index contributed by atoms with van der Waals surface area (Å²) in [6.45, 7) is 7.65. The van der Waals surface area contributed by atoms with Crippen molar-refractivity contribution in [2.75, 3.05) is 25.0 Å². The molecule has 1 saturated heterocycles.